The maximum Gasteiger partial charge on any atom is 0.346 e. The van der Waals surface area contributed by atoms with E-state index in [0.717, 1.165) is 43.2 Å². The fourth-order valence-electron chi connectivity index (χ4n) is 4.44. The van der Waals surface area contributed by atoms with Crippen molar-refractivity contribution in [1.82, 2.24) is 0 Å². The van der Waals surface area contributed by atoms with Crippen LogP contribution in [0, 0.1) is 23.4 Å². The quantitative estimate of drug-likeness (QED) is 0.192. The lowest BCUT2D eigenvalue weighted by molar-refractivity contribution is 0.0657. The van der Waals surface area contributed by atoms with E-state index in [-0.39, 0.29) is 41.0 Å². The Bertz CT molecular complexity index is 1560. The molecule has 2 amide bonds. The second kappa shape index (κ2) is 11.8. The maximum atomic E-state index is 15.1. The Labute approximate surface area is 241 Å². The molecular formula is C28H26F3N3O7S. The van der Waals surface area contributed by atoms with Crippen LogP contribution in [-0.2, 0) is 6.54 Å². The van der Waals surface area contributed by atoms with Gasteiger partial charge in [0.1, 0.15) is 21.9 Å². The summed E-state index contributed by atoms with van der Waals surface area (Å²) in [5.41, 5.74) is -0.923. The van der Waals surface area contributed by atoms with Gasteiger partial charge < -0.3 is 35.2 Å². The molecule has 2 aliphatic carbocycles. The number of carboxylic acids is 2. The van der Waals surface area contributed by atoms with Crippen molar-refractivity contribution >= 4 is 46.4 Å². The average Bonchev–Trinajstić information content (AvgIpc) is 3.88. The van der Waals surface area contributed by atoms with Crippen molar-refractivity contribution in [3.63, 3.8) is 0 Å². The third-order valence-corrected chi connectivity index (χ3v) is 7.88. The molecule has 10 nitrogen and oxygen atoms in total. The monoisotopic (exact) mass is 605 g/mol. The van der Waals surface area contributed by atoms with Crippen LogP contribution in [0.3, 0.4) is 0 Å². The Morgan fingerprint density at radius 1 is 0.976 bits per heavy atom. The highest BCUT2D eigenvalue weighted by Crippen LogP contribution is 2.42. The molecule has 14 heteroatoms. The largest absolute Gasteiger partial charge is 0.494 e. The number of amides is 2. The minimum Gasteiger partial charge on any atom is -0.494 e. The van der Waals surface area contributed by atoms with Crippen LogP contribution in [0.1, 0.15) is 51.3 Å². The molecule has 4 N–H and O–H groups in total. The Morgan fingerprint density at radius 3 is 2.31 bits per heavy atom. The number of anilines is 3. The third kappa shape index (κ3) is 6.22. The molecule has 2 saturated carbocycles. The van der Waals surface area contributed by atoms with Crippen LogP contribution in [0.4, 0.5) is 35.0 Å². The molecule has 0 bridgehead atoms. The van der Waals surface area contributed by atoms with Gasteiger partial charge in [-0.1, -0.05) is 0 Å². The highest BCUT2D eigenvalue weighted by Gasteiger charge is 2.34. The highest BCUT2D eigenvalue weighted by atomic mass is 32.1. The van der Waals surface area contributed by atoms with Crippen molar-refractivity contribution in [2.75, 3.05) is 29.3 Å². The topological polar surface area (TPSA) is 137 Å². The first kappa shape index (κ1) is 29.0. The minimum absolute atomic E-state index is 0.00549. The van der Waals surface area contributed by atoms with E-state index in [1.54, 1.807) is 4.90 Å². The van der Waals surface area contributed by atoms with E-state index in [1.807, 2.05) is 0 Å². The number of ether oxygens (including phenoxy) is 2. The summed E-state index contributed by atoms with van der Waals surface area (Å²) in [5.74, 6) is -5.36. The zero-order valence-electron chi connectivity index (χ0n) is 22.2. The van der Waals surface area contributed by atoms with Crippen molar-refractivity contribution in [2.24, 2.45) is 5.92 Å². The predicted octanol–water partition coefficient (Wildman–Crippen LogP) is 6.17. The van der Waals surface area contributed by atoms with Gasteiger partial charge in [0.05, 0.1) is 42.9 Å². The Balaban J connectivity index is 1.43. The number of carbonyl (C=O) groups is 3. The number of hydrogen-bond acceptors (Lipinski definition) is 7. The van der Waals surface area contributed by atoms with Gasteiger partial charge in [-0.05, 0) is 49.8 Å². The fraction of sp³-hybridized carbons (Fsp3) is 0.321. The normalized spacial score (nSPS) is 14.3. The van der Waals surface area contributed by atoms with Crippen LogP contribution < -0.4 is 25.0 Å². The Hall–Kier alpha value is -4.46. The van der Waals surface area contributed by atoms with Gasteiger partial charge in [-0.2, -0.15) is 0 Å². The average molecular weight is 606 g/mol. The molecule has 0 saturated heterocycles. The Kier molecular flexibility index (Phi) is 8.16. The van der Waals surface area contributed by atoms with E-state index >= 15 is 8.78 Å². The second-order valence-corrected chi connectivity index (χ2v) is 10.9. The summed E-state index contributed by atoms with van der Waals surface area (Å²) in [7, 11) is 1.32. The molecule has 0 atom stereocenters. The zero-order valence-corrected chi connectivity index (χ0v) is 23.0. The molecule has 1 heterocycles. The zero-order chi connectivity index (χ0) is 30.1. The van der Waals surface area contributed by atoms with E-state index in [0.29, 0.717) is 29.5 Å². The fourth-order valence-corrected chi connectivity index (χ4v) is 5.27. The summed E-state index contributed by atoms with van der Waals surface area (Å²) < 4.78 is 55.7. The number of nitrogens with zero attached hydrogens (tertiary/aromatic N) is 1. The van der Waals surface area contributed by atoms with Gasteiger partial charge in [0, 0.05) is 17.5 Å². The molecule has 5 rings (SSSR count). The molecule has 2 aromatic carbocycles. The first-order chi connectivity index (χ1) is 20.1. The molecule has 222 valence electrons. The number of methoxy groups -OCH3 is 1. The van der Waals surface area contributed by atoms with Crippen molar-refractivity contribution in [2.45, 2.75) is 38.3 Å². The summed E-state index contributed by atoms with van der Waals surface area (Å²) in [4.78, 5) is 36.9. The summed E-state index contributed by atoms with van der Waals surface area (Å²) in [5, 5.41) is 24.3. The number of nitrogens with one attached hydrogen (secondary N) is 2. The lowest BCUT2D eigenvalue weighted by Gasteiger charge is -2.28. The second-order valence-electron chi connectivity index (χ2n) is 10.00. The van der Waals surface area contributed by atoms with Gasteiger partial charge in [0.25, 0.3) is 0 Å². The number of benzene rings is 2. The molecular weight excluding hydrogens is 579 g/mol. The van der Waals surface area contributed by atoms with E-state index < -0.39 is 45.9 Å². The van der Waals surface area contributed by atoms with Crippen LogP contribution in [-0.4, -0.2) is 47.9 Å². The standard InChI is InChI=1S/C28H26F3N3O7S/c1-40-22-8-17(30)18(32-28(39)33-19-12-42-25(27(37)38)23(19)26(35)36)9-20(22)34(14-4-5-14)10-15-21(41-11-13-2-3-13)7-6-16(29)24(15)31/h6-9,12-14H,2-5,10-11H2,1H3,(H,35,36)(H,37,38)(H2,32,33,39). The molecule has 42 heavy (non-hydrogen) atoms. The molecule has 2 aliphatic rings. The molecule has 1 aromatic heterocycles. The van der Waals surface area contributed by atoms with E-state index in [2.05, 4.69) is 10.6 Å². The number of urea groups is 1. The van der Waals surface area contributed by atoms with E-state index in [1.165, 1.54) is 19.2 Å². The van der Waals surface area contributed by atoms with Crippen molar-refractivity contribution < 1.29 is 47.2 Å². The van der Waals surface area contributed by atoms with Gasteiger partial charge in [-0.15, -0.1) is 11.3 Å². The SMILES string of the molecule is COc1cc(F)c(NC(=O)Nc2csc(C(=O)O)c2C(=O)O)cc1N(Cc1c(OCC2CC2)ccc(F)c1F)C1CC1. The number of carboxylic acid groups (broad SMARTS) is 2. The van der Waals surface area contributed by atoms with E-state index in [9.17, 15) is 29.0 Å². The summed E-state index contributed by atoms with van der Waals surface area (Å²) >= 11 is 0.610. The van der Waals surface area contributed by atoms with Crippen LogP contribution >= 0.6 is 11.3 Å². The number of thiophene rings is 1. The summed E-state index contributed by atoms with van der Waals surface area (Å²) in [6, 6.07) is 3.55. The smallest absolute Gasteiger partial charge is 0.346 e. The predicted molar refractivity (Wildman–Crippen MR) is 148 cm³/mol. The van der Waals surface area contributed by atoms with Gasteiger partial charge >= 0.3 is 18.0 Å². The number of aromatic carboxylic acids is 2. The third-order valence-electron chi connectivity index (χ3n) is 6.91. The number of carbonyl (C=O) groups excluding carboxylic acids is 1. The maximum absolute atomic E-state index is 15.1. The van der Waals surface area contributed by atoms with Crippen molar-refractivity contribution in [3.8, 4) is 11.5 Å². The number of hydrogen-bond donors (Lipinski definition) is 4. The van der Waals surface area contributed by atoms with Crippen molar-refractivity contribution in [1.29, 1.82) is 0 Å². The van der Waals surface area contributed by atoms with Crippen LogP contribution in [0.2, 0.25) is 0 Å². The summed E-state index contributed by atoms with van der Waals surface area (Å²) in [6.45, 7) is 0.253. The van der Waals surface area contributed by atoms with Crippen LogP contribution in [0.5, 0.6) is 11.5 Å². The number of rotatable bonds is 12. The van der Waals surface area contributed by atoms with Gasteiger partial charge in [-0.3, -0.25) is 0 Å². The minimum atomic E-state index is -1.56. The molecule has 0 spiro atoms. The van der Waals surface area contributed by atoms with Gasteiger partial charge in [0.2, 0.25) is 0 Å². The Morgan fingerprint density at radius 2 is 1.69 bits per heavy atom. The first-order valence-corrected chi connectivity index (χ1v) is 13.8. The molecule has 3 aromatic rings. The molecule has 0 aliphatic heterocycles. The van der Waals surface area contributed by atoms with Gasteiger partial charge in [-0.25, -0.2) is 27.6 Å². The lowest BCUT2D eigenvalue weighted by Crippen LogP contribution is -2.27. The van der Waals surface area contributed by atoms with E-state index in [4.69, 9.17) is 9.47 Å². The molecule has 0 unspecified atom stereocenters. The molecule has 2 fully saturated rings. The summed E-state index contributed by atoms with van der Waals surface area (Å²) in [6.07, 6.45) is 3.46. The van der Waals surface area contributed by atoms with Crippen molar-refractivity contribution in [3.05, 3.63) is 63.1 Å². The lowest BCUT2D eigenvalue weighted by atomic mass is 10.1. The first-order valence-electron chi connectivity index (χ1n) is 13.0. The van der Waals surface area contributed by atoms with Crippen LogP contribution in [0.25, 0.3) is 0 Å². The van der Waals surface area contributed by atoms with Crippen LogP contribution in [0.15, 0.2) is 29.6 Å². The van der Waals surface area contributed by atoms with Gasteiger partial charge in [0.15, 0.2) is 17.5 Å². The number of halogens is 3. The highest BCUT2D eigenvalue weighted by molar-refractivity contribution is 7.13. The molecule has 0 radical (unpaired) electrons.